The first-order valence-electron chi connectivity index (χ1n) is 10.1. The summed E-state index contributed by atoms with van der Waals surface area (Å²) >= 11 is 0. The van der Waals surface area contributed by atoms with Crippen LogP contribution in [0.25, 0.3) is 6.08 Å². The van der Waals surface area contributed by atoms with Crippen molar-refractivity contribution >= 4 is 12.0 Å². The predicted octanol–water partition coefficient (Wildman–Crippen LogP) is 3.24. The molecule has 1 saturated heterocycles. The maximum atomic E-state index is 12.2. The van der Waals surface area contributed by atoms with E-state index in [9.17, 15) is 13.6 Å². The maximum Gasteiger partial charge on any atom is 0.387 e. The molecule has 0 aromatic heterocycles. The van der Waals surface area contributed by atoms with E-state index in [0.29, 0.717) is 13.1 Å². The number of carbonyl (C=O) groups is 1. The largest absolute Gasteiger partial charge is 0.435 e. The fraction of sp³-hybridized carbons (Fsp3) is 0.348. The smallest absolute Gasteiger partial charge is 0.387 e. The van der Waals surface area contributed by atoms with Crippen LogP contribution in [-0.2, 0) is 11.3 Å². The Bertz CT molecular complexity index is 805. The molecule has 2 aromatic rings. The number of alkyl halides is 2. The zero-order chi connectivity index (χ0) is 21.2. The normalized spacial score (nSPS) is 15.6. The lowest BCUT2D eigenvalue weighted by Gasteiger charge is -2.33. The van der Waals surface area contributed by atoms with E-state index in [4.69, 9.17) is 0 Å². The molecule has 160 valence electrons. The molecule has 0 saturated carbocycles. The van der Waals surface area contributed by atoms with E-state index >= 15 is 0 Å². The van der Waals surface area contributed by atoms with E-state index in [1.807, 2.05) is 18.2 Å². The van der Waals surface area contributed by atoms with Gasteiger partial charge in [-0.25, -0.2) is 0 Å². The molecule has 30 heavy (non-hydrogen) atoms. The minimum atomic E-state index is -2.84. The van der Waals surface area contributed by atoms with Crippen LogP contribution in [0.3, 0.4) is 0 Å². The Morgan fingerprint density at radius 1 is 1.00 bits per heavy atom. The van der Waals surface area contributed by atoms with Crippen molar-refractivity contribution < 1.29 is 18.3 Å². The van der Waals surface area contributed by atoms with Crippen molar-refractivity contribution in [3.8, 4) is 5.75 Å². The van der Waals surface area contributed by atoms with E-state index in [-0.39, 0.29) is 11.7 Å². The molecule has 3 rings (SSSR count). The molecular weight excluding hydrogens is 388 g/mol. The van der Waals surface area contributed by atoms with Gasteiger partial charge in [-0.2, -0.15) is 8.78 Å². The van der Waals surface area contributed by atoms with Crippen molar-refractivity contribution in [2.24, 2.45) is 0 Å². The monoisotopic (exact) mass is 415 g/mol. The molecule has 0 spiro atoms. The third-order valence-corrected chi connectivity index (χ3v) is 4.94. The number of nitrogens with one attached hydrogen (secondary N) is 1. The molecule has 1 amide bonds. The highest BCUT2D eigenvalue weighted by Gasteiger charge is 2.18. The van der Waals surface area contributed by atoms with Crippen LogP contribution in [0.1, 0.15) is 11.1 Å². The quantitative estimate of drug-likeness (QED) is 0.683. The Balaban J connectivity index is 1.32. The number of ether oxygens (including phenoxy) is 1. The van der Waals surface area contributed by atoms with Crippen molar-refractivity contribution in [1.29, 1.82) is 0 Å². The highest BCUT2D eigenvalue weighted by molar-refractivity contribution is 5.78. The van der Waals surface area contributed by atoms with Gasteiger partial charge in [-0.05, 0) is 23.3 Å². The van der Waals surface area contributed by atoms with Gasteiger partial charge in [-0.15, -0.1) is 0 Å². The molecule has 1 fully saturated rings. The Morgan fingerprint density at radius 2 is 1.67 bits per heavy atom. The van der Waals surface area contributed by atoms with Crippen LogP contribution in [0.5, 0.6) is 5.75 Å². The summed E-state index contributed by atoms with van der Waals surface area (Å²) in [5, 5.41) is 2.88. The maximum absolute atomic E-state index is 12.2. The van der Waals surface area contributed by atoms with Gasteiger partial charge in [0.2, 0.25) is 5.91 Å². The summed E-state index contributed by atoms with van der Waals surface area (Å²) in [6.07, 6.45) is 4.31. The second-order valence-electron chi connectivity index (χ2n) is 7.19. The summed E-state index contributed by atoms with van der Waals surface area (Å²) in [6, 6.07) is 16.5. The zero-order valence-electron chi connectivity index (χ0n) is 16.8. The van der Waals surface area contributed by atoms with Gasteiger partial charge in [0.15, 0.2) is 0 Å². The number of rotatable bonds is 9. The van der Waals surface area contributed by atoms with Crippen LogP contribution in [-0.4, -0.2) is 61.6 Å². The van der Waals surface area contributed by atoms with Gasteiger partial charge in [0.05, 0.1) is 6.54 Å². The van der Waals surface area contributed by atoms with Gasteiger partial charge in [0.1, 0.15) is 5.75 Å². The number of hydrogen-bond donors (Lipinski definition) is 1. The summed E-state index contributed by atoms with van der Waals surface area (Å²) in [5.74, 6) is 0.0666. The van der Waals surface area contributed by atoms with E-state index < -0.39 is 6.61 Å². The highest BCUT2D eigenvalue weighted by Crippen LogP contribution is 2.14. The van der Waals surface area contributed by atoms with Crippen LogP contribution >= 0.6 is 0 Å². The number of halogens is 2. The molecule has 7 heteroatoms. The standard InChI is InChI=1S/C23H27F2N3O2/c24-23(25)30-21-10-8-20(9-11-21)17-26-22(29)18-28-15-13-27(14-16-28)12-4-7-19-5-2-1-3-6-19/h1-11,23H,12-18H2,(H,26,29)/b7-4+. The molecule has 0 aliphatic carbocycles. The number of carbonyl (C=O) groups excluding carboxylic acids is 1. The molecular formula is C23H27F2N3O2. The van der Waals surface area contributed by atoms with Crippen molar-refractivity contribution in [2.45, 2.75) is 13.2 Å². The molecule has 2 aromatic carbocycles. The molecule has 0 radical (unpaired) electrons. The van der Waals surface area contributed by atoms with E-state index in [0.717, 1.165) is 38.3 Å². The van der Waals surface area contributed by atoms with Gasteiger partial charge in [0.25, 0.3) is 0 Å². The summed E-state index contributed by atoms with van der Waals surface area (Å²) in [6.45, 7) is 2.35. The number of piperazine rings is 1. The first kappa shape index (κ1) is 21.9. The molecule has 1 aliphatic heterocycles. The van der Waals surface area contributed by atoms with Crippen molar-refractivity contribution in [2.75, 3.05) is 39.3 Å². The Morgan fingerprint density at radius 3 is 2.33 bits per heavy atom. The van der Waals surface area contributed by atoms with Gasteiger partial charge >= 0.3 is 6.61 Å². The Kier molecular flexibility index (Phi) is 8.35. The molecule has 1 aliphatic rings. The summed E-state index contributed by atoms with van der Waals surface area (Å²) < 4.78 is 28.6. The summed E-state index contributed by atoms with van der Waals surface area (Å²) in [5.41, 5.74) is 2.03. The lowest BCUT2D eigenvalue weighted by Crippen LogP contribution is -2.49. The number of amides is 1. The minimum absolute atomic E-state index is 0.0414. The SMILES string of the molecule is O=C(CN1CCN(C/C=C/c2ccccc2)CC1)NCc1ccc(OC(F)F)cc1. The summed E-state index contributed by atoms with van der Waals surface area (Å²) in [7, 11) is 0. The fourth-order valence-corrected chi connectivity index (χ4v) is 3.28. The third kappa shape index (κ3) is 7.57. The van der Waals surface area contributed by atoms with Crippen molar-refractivity contribution in [3.05, 3.63) is 71.8 Å². The molecule has 1 heterocycles. The topological polar surface area (TPSA) is 44.8 Å². The van der Waals surface area contributed by atoms with Crippen LogP contribution in [0.4, 0.5) is 8.78 Å². The van der Waals surface area contributed by atoms with Gasteiger partial charge in [0, 0.05) is 39.3 Å². The molecule has 0 atom stereocenters. The van der Waals surface area contributed by atoms with Gasteiger partial charge in [-0.1, -0.05) is 54.6 Å². The average molecular weight is 415 g/mol. The lowest BCUT2D eigenvalue weighted by molar-refractivity contribution is -0.122. The predicted molar refractivity (Wildman–Crippen MR) is 113 cm³/mol. The molecule has 1 N–H and O–H groups in total. The van der Waals surface area contributed by atoms with Crippen LogP contribution in [0, 0.1) is 0 Å². The van der Waals surface area contributed by atoms with Crippen molar-refractivity contribution in [3.63, 3.8) is 0 Å². The van der Waals surface area contributed by atoms with Crippen LogP contribution < -0.4 is 10.1 Å². The molecule has 5 nitrogen and oxygen atoms in total. The number of hydrogen-bond acceptors (Lipinski definition) is 4. The third-order valence-electron chi connectivity index (χ3n) is 4.94. The zero-order valence-corrected chi connectivity index (χ0v) is 16.8. The summed E-state index contributed by atoms with van der Waals surface area (Å²) in [4.78, 5) is 16.7. The van der Waals surface area contributed by atoms with E-state index in [1.54, 1.807) is 12.1 Å². The Labute approximate surface area is 175 Å². The van der Waals surface area contributed by atoms with Crippen molar-refractivity contribution in [1.82, 2.24) is 15.1 Å². The molecule has 0 bridgehead atoms. The second kappa shape index (κ2) is 11.4. The van der Waals surface area contributed by atoms with Crippen LogP contribution in [0.15, 0.2) is 60.7 Å². The first-order valence-corrected chi connectivity index (χ1v) is 10.1. The fourth-order valence-electron chi connectivity index (χ4n) is 3.28. The van der Waals surface area contributed by atoms with E-state index in [1.165, 1.54) is 17.7 Å². The average Bonchev–Trinajstić information content (AvgIpc) is 2.75. The van der Waals surface area contributed by atoms with E-state index in [2.05, 4.69) is 44.1 Å². The number of benzene rings is 2. The van der Waals surface area contributed by atoms with Gasteiger partial charge < -0.3 is 10.1 Å². The highest BCUT2D eigenvalue weighted by atomic mass is 19.3. The second-order valence-corrected chi connectivity index (χ2v) is 7.19. The lowest BCUT2D eigenvalue weighted by atomic mass is 10.2. The molecule has 0 unspecified atom stereocenters. The number of nitrogens with zero attached hydrogens (tertiary/aromatic N) is 2. The minimum Gasteiger partial charge on any atom is -0.435 e. The first-order chi connectivity index (χ1) is 14.6. The van der Waals surface area contributed by atoms with Gasteiger partial charge in [-0.3, -0.25) is 14.6 Å². The Hall–Kier alpha value is -2.77. The van der Waals surface area contributed by atoms with Crippen LogP contribution in [0.2, 0.25) is 0 Å².